The molecule has 1 aromatic heterocycles. The van der Waals surface area contributed by atoms with E-state index in [2.05, 4.69) is 9.97 Å². The average molecular weight is 302 g/mol. The number of carbonyl (C=O) groups excluding carboxylic acids is 1. The normalized spacial score (nSPS) is 18.0. The summed E-state index contributed by atoms with van der Waals surface area (Å²) in [5.74, 6) is -0.0556. The van der Waals surface area contributed by atoms with Crippen LogP contribution in [-0.4, -0.2) is 27.3 Å². The molecule has 108 valence electrons. The van der Waals surface area contributed by atoms with Crippen molar-refractivity contribution >= 4 is 17.5 Å². The third kappa shape index (κ3) is 2.90. The Kier molecular flexibility index (Phi) is 3.88. The molecular formula is C16H16ClN3O. The van der Waals surface area contributed by atoms with Crippen molar-refractivity contribution in [2.24, 2.45) is 0 Å². The molecule has 1 unspecified atom stereocenters. The van der Waals surface area contributed by atoms with Gasteiger partial charge in [-0.3, -0.25) is 9.78 Å². The molecule has 0 aliphatic carbocycles. The Balaban J connectivity index is 1.85. The van der Waals surface area contributed by atoms with Crippen LogP contribution in [0.1, 0.15) is 40.6 Å². The average Bonchev–Trinajstić information content (AvgIpc) is 2.97. The summed E-state index contributed by atoms with van der Waals surface area (Å²) < 4.78 is 0. The van der Waals surface area contributed by atoms with Gasteiger partial charge in [-0.15, -0.1) is 0 Å². The van der Waals surface area contributed by atoms with Gasteiger partial charge in [0.2, 0.25) is 0 Å². The standard InChI is InChI=1S/C16H16ClN3O/c1-11-9-19-14(10-18-11)16(21)20-8-2-3-15(20)12-4-6-13(17)7-5-12/h4-7,9-10,15H,2-3,8H2,1H3. The Morgan fingerprint density at radius 1 is 1.24 bits per heavy atom. The minimum absolute atomic E-state index is 0.0556. The first-order chi connectivity index (χ1) is 10.1. The Hall–Kier alpha value is -1.94. The summed E-state index contributed by atoms with van der Waals surface area (Å²) in [5.41, 5.74) is 2.33. The van der Waals surface area contributed by atoms with Crippen molar-refractivity contribution in [3.63, 3.8) is 0 Å². The minimum atomic E-state index is -0.0556. The van der Waals surface area contributed by atoms with Crippen molar-refractivity contribution in [1.82, 2.24) is 14.9 Å². The van der Waals surface area contributed by atoms with E-state index in [-0.39, 0.29) is 11.9 Å². The highest BCUT2D eigenvalue weighted by molar-refractivity contribution is 6.30. The van der Waals surface area contributed by atoms with Crippen molar-refractivity contribution in [3.8, 4) is 0 Å². The van der Waals surface area contributed by atoms with Crippen LogP contribution in [0.15, 0.2) is 36.7 Å². The number of rotatable bonds is 2. The predicted molar refractivity (Wildman–Crippen MR) is 81.2 cm³/mol. The second kappa shape index (κ2) is 5.82. The highest BCUT2D eigenvalue weighted by Gasteiger charge is 2.31. The van der Waals surface area contributed by atoms with Gasteiger partial charge in [0.15, 0.2) is 0 Å². The zero-order valence-electron chi connectivity index (χ0n) is 11.8. The van der Waals surface area contributed by atoms with Gasteiger partial charge in [-0.2, -0.15) is 0 Å². The summed E-state index contributed by atoms with van der Waals surface area (Å²) in [6.07, 6.45) is 5.14. The molecular weight excluding hydrogens is 286 g/mol. The summed E-state index contributed by atoms with van der Waals surface area (Å²) >= 11 is 5.93. The number of amides is 1. The van der Waals surface area contributed by atoms with E-state index in [0.29, 0.717) is 10.7 Å². The van der Waals surface area contributed by atoms with Crippen LogP contribution in [0.4, 0.5) is 0 Å². The fraction of sp³-hybridized carbons (Fsp3) is 0.312. The van der Waals surface area contributed by atoms with Crippen LogP contribution in [0.3, 0.4) is 0 Å². The molecule has 1 amide bonds. The lowest BCUT2D eigenvalue weighted by Crippen LogP contribution is -2.31. The van der Waals surface area contributed by atoms with E-state index in [1.165, 1.54) is 0 Å². The summed E-state index contributed by atoms with van der Waals surface area (Å²) in [4.78, 5) is 22.8. The number of carbonyl (C=O) groups is 1. The Labute approximate surface area is 128 Å². The maximum atomic E-state index is 12.6. The number of aryl methyl sites for hydroxylation is 1. The van der Waals surface area contributed by atoms with Gasteiger partial charge in [0.25, 0.3) is 5.91 Å². The highest BCUT2D eigenvalue weighted by Crippen LogP contribution is 2.33. The van der Waals surface area contributed by atoms with Crippen LogP contribution in [-0.2, 0) is 0 Å². The second-order valence-electron chi connectivity index (χ2n) is 5.25. The Morgan fingerprint density at radius 2 is 2.00 bits per heavy atom. The second-order valence-corrected chi connectivity index (χ2v) is 5.69. The highest BCUT2D eigenvalue weighted by atomic mass is 35.5. The topological polar surface area (TPSA) is 46.1 Å². The van der Waals surface area contributed by atoms with Crippen LogP contribution in [0.5, 0.6) is 0 Å². The number of aromatic nitrogens is 2. The van der Waals surface area contributed by atoms with Crippen LogP contribution >= 0.6 is 11.6 Å². The van der Waals surface area contributed by atoms with Crippen LogP contribution < -0.4 is 0 Å². The van der Waals surface area contributed by atoms with Gasteiger partial charge in [0.1, 0.15) is 5.69 Å². The van der Waals surface area contributed by atoms with E-state index in [1.54, 1.807) is 12.4 Å². The number of benzene rings is 1. The van der Waals surface area contributed by atoms with Gasteiger partial charge in [-0.25, -0.2) is 4.98 Å². The molecule has 1 fully saturated rings. The maximum absolute atomic E-state index is 12.6. The first-order valence-electron chi connectivity index (χ1n) is 7.00. The Bertz CT molecular complexity index is 640. The van der Waals surface area contributed by atoms with E-state index < -0.39 is 0 Å². The molecule has 1 saturated heterocycles. The van der Waals surface area contributed by atoms with Gasteiger partial charge in [-0.05, 0) is 37.5 Å². The molecule has 2 heterocycles. The fourth-order valence-electron chi connectivity index (χ4n) is 2.69. The van der Waals surface area contributed by atoms with Gasteiger partial charge >= 0.3 is 0 Å². The molecule has 1 aliphatic heterocycles. The largest absolute Gasteiger partial charge is 0.330 e. The lowest BCUT2D eigenvalue weighted by Gasteiger charge is -2.24. The fourth-order valence-corrected chi connectivity index (χ4v) is 2.82. The number of nitrogens with zero attached hydrogens (tertiary/aromatic N) is 3. The van der Waals surface area contributed by atoms with Crippen molar-refractivity contribution in [1.29, 1.82) is 0 Å². The molecule has 1 aromatic carbocycles. The van der Waals surface area contributed by atoms with E-state index in [0.717, 1.165) is 30.6 Å². The quantitative estimate of drug-likeness (QED) is 0.854. The third-order valence-electron chi connectivity index (χ3n) is 3.77. The lowest BCUT2D eigenvalue weighted by molar-refractivity contribution is 0.0729. The third-order valence-corrected chi connectivity index (χ3v) is 4.02. The molecule has 0 saturated carbocycles. The molecule has 2 aromatic rings. The molecule has 1 atom stereocenters. The minimum Gasteiger partial charge on any atom is -0.330 e. The van der Waals surface area contributed by atoms with Gasteiger partial charge < -0.3 is 4.90 Å². The molecule has 3 rings (SSSR count). The number of halogens is 1. The van der Waals surface area contributed by atoms with Crippen molar-refractivity contribution in [2.45, 2.75) is 25.8 Å². The van der Waals surface area contributed by atoms with Crippen LogP contribution in [0, 0.1) is 6.92 Å². The SMILES string of the molecule is Cc1cnc(C(=O)N2CCCC2c2ccc(Cl)cc2)cn1. The van der Waals surface area contributed by atoms with E-state index in [1.807, 2.05) is 36.1 Å². The number of hydrogen-bond donors (Lipinski definition) is 0. The van der Waals surface area contributed by atoms with E-state index in [4.69, 9.17) is 11.6 Å². The zero-order chi connectivity index (χ0) is 14.8. The molecule has 4 nitrogen and oxygen atoms in total. The van der Waals surface area contributed by atoms with Crippen LogP contribution in [0.25, 0.3) is 0 Å². The first-order valence-corrected chi connectivity index (χ1v) is 7.38. The summed E-state index contributed by atoms with van der Waals surface area (Å²) in [5, 5.41) is 0.707. The van der Waals surface area contributed by atoms with Gasteiger partial charge in [0.05, 0.1) is 17.9 Å². The summed E-state index contributed by atoms with van der Waals surface area (Å²) in [7, 11) is 0. The molecule has 0 radical (unpaired) electrons. The molecule has 0 bridgehead atoms. The van der Waals surface area contributed by atoms with Crippen LogP contribution in [0.2, 0.25) is 5.02 Å². The number of likely N-dealkylation sites (tertiary alicyclic amines) is 1. The molecule has 1 aliphatic rings. The number of hydrogen-bond acceptors (Lipinski definition) is 3. The molecule has 21 heavy (non-hydrogen) atoms. The molecule has 0 N–H and O–H groups in total. The van der Waals surface area contributed by atoms with Crippen molar-refractivity contribution in [3.05, 3.63) is 58.6 Å². The van der Waals surface area contributed by atoms with Gasteiger partial charge in [0, 0.05) is 17.8 Å². The van der Waals surface area contributed by atoms with Crippen molar-refractivity contribution in [2.75, 3.05) is 6.54 Å². The van der Waals surface area contributed by atoms with Crippen molar-refractivity contribution < 1.29 is 4.79 Å². The summed E-state index contributed by atoms with van der Waals surface area (Å²) in [6.45, 7) is 2.61. The Morgan fingerprint density at radius 3 is 2.67 bits per heavy atom. The zero-order valence-corrected chi connectivity index (χ0v) is 12.5. The monoisotopic (exact) mass is 301 g/mol. The smallest absolute Gasteiger partial charge is 0.274 e. The van der Waals surface area contributed by atoms with E-state index >= 15 is 0 Å². The van der Waals surface area contributed by atoms with E-state index in [9.17, 15) is 4.79 Å². The van der Waals surface area contributed by atoms with Gasteiger partial charge in [-0.1, -0.05) is 23.7 Å². The maximum Gasteiger partial charge on any atom is 0.274 e. The first kappa shape index (κ1) is 14.0. The summed E-state index contributed by atoms with van der Waals surface area (Å²) in [6, 6.07) is 7.80. The predicted octanol–water partition coefficient (Wildman–Crippen LogP) is 3.42. The lowest BCUT2D eigenvalue weighted by atomic mass is 10.0. The molecule has 0 spiro atoms. The molecule has 5 heteroatoms.